The summed E-state index contributed by atoms with van der Waals surface area (Å²) in [5, 5.41) is 6.28. The van der Waals surface area contributed by atoms with Crippen molar-refractivity contribution in [1.29, 1.82) is 0 Å². The van der Waals surface area contributed by atoms with Gasteiger partial charge in [-0.3, -0.25) is 9.59 Å². The molecule has 6 heteroatoms. The summed E-state index contributed by atoms with van der Waals surface area (Å²) in [6.45, 7) is 3.98. The number of anilines is 1. The Balaban J connectivity index is 1.98. The Labute approximate surface area is 122 Å². The van der Waals surface area contributed by atoms with Crippen LogP contribution in [0.25, 0.3) is 0 Å². The number of nitrogens with one attached hydrogen (secondary N) is 1. The zero-order valence-corrected chi connectivity index (χ0v) is 12.0. The summed E-state index contributed by atoms with van der Waals surface area (Å²) < 4.78 is 4.87. The average Bonchev–Trinajstić information content (AvgIpc) is 2.90. The Bertz CT molecular complexity index is 622. The van der Waals surface area contributed by atoms with Crippen LogP contribution in [0.15, 0.2) is 40.9 Å². The van der Waals surface area contributed by atoms with Crippen molar-refractivity contribution in [3.05, 3.63) is 47.7 Å². The minimum atomic E-state index is -0.311. The van der Waals surface area contributed by atoms with E-state index >= 15 is 0 Å². The van der Waals surface area contributed by atoms with Crippen molar-refractivity contribution in [3.63, 3.8) is 0 Å². The van der Waals surface area contributed by atoms with Crippen LogP contribution in [-0.4, -0.2) is 35.0 Å². The average molecular weight is 287 g/mol. The van der Waals surface area contributed by atoms with Crippen LogP contribution >= 0.6 is 0 Å². The van der Waals surface area contributed by atoms with E-state index in [1.807, 2.05) is 13.0 Å². The normalized spacial score (nSPS) is 10.2. The van der Waals surface area contributed by atoms with Gasteiger partial charge in [0.25, 0.3) is 5.91 Å². The summed E-state index contributed by atoms with van der Waals surface area (Å²) in [7, 11) is 0. The lowest BCUT2D eigenvalue weighted by Gasteiger charge is -2.20. The fraction of sp³-hybridized carbons (Fsp3) is 0.267. The molecule has 2 aromatic rings. The second-order valence-corrected chi connectivity index (χ2v) is 4.56. The number of carbonyl (C=O) groups is 2. The van der Waals surface area contributed by atoms with E-state index in [9.17, 15) is 9.59 Å². The minimum Gasteiger partial charge on any atom is -0.360 e. The van der Waals surface area contributed by atoms with Gasteiger partial charge in [-0.05, 0) is 26.0 Å². The summed E-state index contributed by atoms with van der Waals surface area (Å²) in [6, 6.07) is 10.5. The summed E-state index contributed by atoms with van der Waals surface area (Å²) in [5.74, 6) is 0.470. The zero-order valence-electron chi connectivity index (χ0n) is 12.0. The van der Waals surface area contributed by atoms with Crippen molar-refractivity contribution < 1.29 is 14.1 Å². The second-order valence-electron chi connectivity index (χ2n) is 4.56. The highest BCUT2D eigenvalue weighted by atomic mass is 16.5. The Kier molecular flexibility index (Phi) is 4.71. The number of benzene rings is 1. The van der Waals surface area contributed by atoms with Crippen LogP contribution in [0, 0.1) is 6.92 Å². The Morgan fingerprint density at radius 3 is 2.57 bits per heavy atom. The van der Waals surface area contributed by atoms with E-state index in [2.05, 4.69) is 10.5 Å². The number of aryl methyl sites for hydroxylation is 1. The van der Waals surface area contributed by atoms with Gasteiger partial charge in [-0.2, -0.15) is 0 Å². The highest BCUT2D eigenvalue weighted by molar-refractivity contribution is 5.99. The largest absolute Gasteiger partial charge is 0.360 e. The van der Waals surface area contributed by atoms with Crippen LogP contribution in [0.3, 0.4) is 0 Å². The van der Waals surface area contributed by atoms with Crippen LogP contribution < -0.4 is 5.32 Å². The first kappa shape index (κ1) is 14.8. The summed E-state index contributed by atoms with van der Waals surface area (Å²) in [4.78, 5) is 25.7. The van der Waals surface area contributed by atoms with Gasteiger partial charge in [0.15, 0.2) is 5.82 Å². The van der Waals surface area contributed by atoms with Crippen LogP contribution in [0.2, 0.25) is 0 Å². The van der Waals surface area contributed by atoms with Gasteiger partial charge < -0.3 is 14.7 Å². The molecule has 0 unspecified atom stereocenters. The lowest BCUT2D eigenvalue weighted by atomic mass is 10.2. The number of aromatic nitrogens is 1. The number of amides is 2. The third kappa shape index (κ3) is 3.92. The number of nitrogens with zero attached hydrogens (tertiary/aromatic N) is 2. The predicted octanol–water partition coefficient (Wildman–Crippen LogP) is 2.08. The van der Waals surface area contributed by atoms with Crippen LogP contribution in [0.1, 0.15) is 23.0 Å². The summed E-state index contributed by atoms with van der Waals surface area (Å²) in [6.07, 6.45) is 0. The Morgan fingerprint density at radius 2 is 2.00 bits per heavy atom. The fourth-order valence-electron chi connectivity index (χ4n) is 1.87. The lowest BCUT2D eigenvalue weighted by molar-refractivity contribution is -0.116. The third-order valence-corrected chi connectivity index (χ3v) is 2.92. The first-order valence-electron chi connectivity index (χ1n) is 6.67. The molecule has 6 nitrogen and oxygen atoms in total. The minimum absolute atomic E-state index is 0.0316. The molecule has 0 atom stereocenters. The number of hydrogen-bond donors (Lipinski definition) is 1. The molecule has 110 valence electrons. The first-order valence-corrected chi connectivity index (χ1v) is 6.67. The monoisotopic (exact) mass is 287 g/mol. The van der Waals surface area contributed by atoms with Crippen molar-refractivity contribution in [3.8, 4) is 0 Å². The van der Waals surface area contributed by atoms with Gasteiger partial charge in [-0.25, -0.2) is 0 Å². The van der Waals surface area contributed by atoms with E-state index in [1.165, 1.54) is 4.90 Å². The molecule has 1 N–H and O–H groups in total. The van der Waals surface area contributed by atoms with E-state index < -0.39 is 0 Å². The third-order valence-electron chi connectivity index (χ3n) is 2.92. The van der Waals surface area contributed by atoms with E-state index in [0.717, 1.165) is 0 Å². The topological polar surface area (TPSA) is 75.4 Å². The molecule has 2 rings (SSSR count). The maximum atomic E-state index is 12.3. The molecule has 0 spiro atoms. The van der Waals surface area contributed by atoms with Gasteiger partial charge in [0.1, 0.15) is 12.3 Å². The molecule has 0 aliphatic carbocycles. The molecule has 0 aliphatic rings. The smallest absolute Gasteiger partial charge is 0.254 e. The number of hydrogen-bond acceptors (Lipinski definition) is 4. The van der Waals surface area contributed by atoms with Crippen molar-refractivity contribution in [2.75, 3.05) is 18.4 Å². The quantitative estimate of drug-likeness (QED) is 0.913. The molecular formula is C15H17N3O3. The highest BCUT2D eigenvalue weighted by Gasteiger charge is 2.17. The van der Waals surface area contributed by atoms with Gasteiger partial charge in [-0.1, -0.05) is 23.4 Å². The van der Waals surface area contributed by atoms with Gasteiger partial charge in [0.2, 0.25) is 5.91 Å². The van der Waals surface area contributed by atoms with Gasteiger partial charge in [0.05, 0.1) is 0 Å². The molecule has 0 saturated heterocycles. The number of carbonyl (C=O) groups excluding carboxylic acids is 2. The predicted molar refractivity (Wildman–Crippen MR) is 77.9 cm³/mol. The Hall–Kier alpha value is -2.63. The van der Waals surface area contributed by atoms with Gasteiger partial charge in [0, 0.05) is 18.2 Å². The molecule has 0 fully saturated rings. The molecule has 0 bridgehead atoms. The summed E-state index contributed by atoms with van der Waals surface area (Å²) >= 11 is 0. The SMILES string of the molecule is CCN(CC(=O)Nc1cc(C)on1)C(=O)c1ccccc1. The first-order chi connectivity index (χ1) is 10.1. The maximum absolute atomic E-state index is 12.3. The van der Waals surface area contributed by atoms with Crippen molar-refractivity contribution >= 4 is 17.6 Å². The molecule has 0 saturated carbocycles. The molecule has 0 aliphatic heterocycles. The molecule has 21 heavy (non-hydrogen) atoms. The molecular weight excluding hydrogens is 270 g/mol. The van der Waals surface area contributed by atoms with Crippen LogP contribution in [0.5, 0.6) is 0 Å². The summed E-state index contributed by atoms with van der Waals surface area (Å²) in [5.41, 5.74) is 0.560. The second kappa shape index (κ2) is 6.69. The molecule has 1 aromatic carbocycles. The highest BCUT2D eigenvalue weighted by Crippen LogP contribution is 2.08. The van der Waals surface area contributed by atoms with Crippen LogP contribution in [-0.2, 0) is 4.79 Å². The van der Waals surface area contributed by atoms with Gasteiger partial charge in [-0.15, -0.1) is 0 Å². The lowest BCUT2D eigenvalue weighted by Crippen LogP contribution is -2.37. The standard InChI is InChI=1S/C15H17N3O3/c1-3-18(15(20)12-7-5-4-6-8-12)10-14(19)16-13-9-11(2)21-17-13/h4-9H,3,10H2,1-2H3,(H,16,17,19). The number of likely N-dealkylation sites (N-methyl/N-ethyl adjacent to an activating group) is 1. The molecule has 0 radical (unpaired) electrons. The molecule has 1 heterocycles. The van der Waals surface area contributed by atoms with Crippen molar-refractivity contribution in [1.82, 2.24) is 10.1 Å². The fourth-order valence-corrected chi connectivity index (χ4v) is 1.87. The van der Waals surface area contributed by atoms with Gasteiger partial charge >= 0.3 is 0 Å². The molecule has 1 aromatic heterocycles. The van der Waals surface area contributed by atoms with E-state index in [1.54, 1.807) is 37.3 Å². The van der Waals surface area contributed by atoms with Crippen LogP contribution in [0.4, 0.5) is 5.82 Å². The Morgan fingerprint density at radius 1 is 1.29 bits per heavy atom. The van der Waals surface area contributed by atoms with Crippen molar-refractivity contribution in [2.24, 2.45) is 0 Å². The number of rotatable bonds is 5. The van der Waals surface area contributed by atoms with Crippen molar-refractivity contribution in [2.45, 2.75) is 13.8 Å². The maximum Gasteiger partial charge on any atom is 0.254 e. The van der Waals surface area contributed by atoms with E-state index in [0.29, 0.717) is 23.7 Å². The van der Waals surface area contributed by atoms with E-state index in [4.69, 9.17) is 4.52 Å². The van der Waals surface area contributed by atoms with E-state index in [-0.39, 0.29) is 18.4 Å². The zero-order chi connectivity index (χ0) is 15.2. The molecule has 2 amide bonds.